The zero-order chi connectivity index (χ0) is 30.2. The first-order valence-electron chi connectivity index (χ1n) is 12.9. The molecule has 0 aliphatic heterocycles. The topological polar surface area (TPSA) is 180 Å². The number of rotatable bonds is 12. The molecule has 0 saturated heterocycles. The highest BCUT2D eigenvalue weighted by atomic mass is 19.2. The Hall–Kier alpha value is -5.13. The summed E-state index contributed by atoms with van der Waals surface area (Å²) in [6.07, 6.45) is 4.98. The summed E-state index contributed by atoms with van der Waals surface area (Å²) in [5.41, 5.74) is 7.82. The number of aromatic nitrogens is 3. The molecule has 1 unspecified atom stereocenters. The van der Waals surface area contributed by atoms with Crippen LogP contribution in [0.5, 0.6) is 5.75 Å². The average molecular weight is 579 g/mol. The highest BCUT2D eigenvalue weighted by molar-refractivity contribution is 5.96. The van der Waals surface area contributed by atoms with E-state index in [1.807, 2.05) is 6.92 Å². The highest BCUT2D eigenvalue weighted by Gasteiger charge is 2.20. The number of aliphatic hydroxyl groups excluding tert-OH is 1. The van der Waals surface area contributed by atoms with Crippen LogP contribution in [0.3, 0.4) is 0 Å². The van der Waals surface area contributed by atoms with Crippen molar-refractivity contribution < 1.29 is 28.2 Å². The fourth-order valence-corrected chi connectivity index (χ4v) is 4.15. The Morgan fingerprint density at radius 3 is 2.69 bits per heavy atom. The van der Waals surface area contributed by atoms with Crippen molar-refractivity contribution in [3.8, 4) is 23.1 Å². The quantitative estimate of drug-likeness (QED) is 0.157. The van der Waals surface area contributed by atoms with Crippen molar-refractivity contribution in [2.24, 2.45) is 5.73 Å². The van der Waals surface area contributed by atoms with Crippen LogP contribution in [0.25, 0.3) is 16.9 Å². The number of fused-ring (bicyclic) bond motifs is 1. The molecule has 6 N–H and O–H groups in total. The molecule has 4 aromatic rings. The Kier molecular flexibility index (Phi) is 9.58. The lowest BCUT2D eigenvalue weighted by Gasteiger charge is -2.13. The Morgan fingerprint density at radius 1 is 1.17 bits per heavy atom. The maximum Gasteiger partial charge on any atom is 0.251 e. The van der Waals surface area contributed by atoms with Crippen LogP contribution in [0.1, 0.15) is 22.8 Å². The molecule has 0 spiro atoms. The van der Waals surface area contributed by atoms with Crippen molar-refractivity contribution in [3.05, 3.63) is 71.7 Å². The second kappa shape index (κ2) is 13.5. The predicted molar refractivity (Wildman–Crippen MR) is 149 cm³/mol. The number of carbonyl (C=O) groups excluding carboxylic acids is 2. The first-order valence-corrected chi connectivity index (χ1v) is 12.9. The number of ether oxygens (including phenoxy) is 1. The number of carbonyl (C=O) groups is 2. The van der Waals surface area contributed by atoms with Gasteiger partial charge in [0.15, 0.2) is 29.6 Å². The Labute approximate surface area is 239 Å². The lowest BCUT2D eigenvalue weighted by molar-refractivity contribution is -0.123. The smallest absolute Gasteiger partial charge is 0.251 e. The van der Waals surface area contributed by atoms with E-state index < -0.39 is 36.8 Å². The van der Waals surface area contributed by atoms with Crippen LogP contribution in [-0.4, -0.2) is 63.6 Å². The first kappa shape index (κ1) is 29.8. The number of anilines is 2. The van der Waals surface area contributed by atoms with Crippen molar-refractivity contribution in [3.63, 3.8) is 0 Å². The molecule has 12 nitrogen and oxygen atoms in total. The van der Waals surface area contributed by atoms with Gasteiger partial charge in [-0.15, -0.1) is 0 Å². The van der Waals surface area contributed by atoms with Crippen LogP contribution in [0, 0.1) is 23.0 Å². The van der Waals surface area contributed by atoms with E-state index in [0.29, 0.717) is 29.1 Å². The molecule has 42 heavy (non-hydrogen) atoms. The van der Waals surface area contributed by atoms with Crippen molar-refractivity contribution in [2.45, 2.75) is 19.4 Å². The minimum Gasteiger partial charge on any atom is -0.476 e. The molecule has 2 aromatic heterocycles. The van der Waals surface area contributed by atoms with Crippen LogP contribution >= 0.6 is 0 Å². The van der Waals surface area contributed by atoms with Gasteiger partial charge in [0, 0.05) is 42.3 Å². The molecule has 4 rings (SSSR count). The molecule has 0 saturated carbocycles. The van der Waals surface area contributed by atoms with Gasteiger partial charge in [0.05, 0.1) is 18.5 Å². The zero-order valence-electron chi connectivity index (χ0n) is 22.5. The summed E-state index contributed by atoms with van der Waals surface area (Å²) in [4.78, 5) is 33.1. The molecule has 0 aliphatic carbocycles. The zero-order valence-corrected chi connectivity index (χ0v) is 22.5. The molecule has 14 heteroatoms. The van der Waals surface area contributed by atoms with E-state index in [4.69, 9.17) is 20.8 Å². The summed E-state index contributed by atoms with van der Waals surface area (Å²) in [7, 11) is 0. The number of amides is 2. The van der Waals surface area contributed by atoms with Crippen molar-refractivity contribution in [2.75, 3.05) is 31.6 Å². The van der Waals surface area contributed by atoms with Crippen LogP contribution in [0.2, 0.25) is 0 Å². The Balaban J connectivity index is 1.51. The number of hydrogen-bond donors (Lipinski definition) is 5. The molecule has 2 aromatic carbocycles. The monoisotopic (exact) mass is 578 g/mol. The van der Waals surface area contributed by atoms with E-state index in [9.17, 15) is 18.4 Å². The van der Waals surface area contributed by atoms with Crippen LogP contribution < -0.4 is 26.4 Å². The summed E-state index contributed by atoms with van der Waals surface area (Å²) in [6, 6.07) is 8.42. The van der Waals surface area contributed by atoms with Crippen molar-refractivity contribution in [1.29, 1.82) is 5.26 Å². The molecular formula is C28H28F2N8O4. The van der Waals surface area contributed by atoms with Gasteiger partial charge in [-0.3, -0.25) is 14.0 Å². The van der Waals surface area contributed by atoms with Gasteiger partial charge in [-0.25, -0.2) is 14.4 Å². The number of imidazole rings is 1. The first-order chi connectivity index (χ1) is 20.3. The molecule has 218 valence electrons. The summed E-state index contributed by atoms with van der Waals surface area (Å²) in [5.74, 6) is -3.21. The number of nitrogens with two attached hydrogens (primary N) is 1. The van der Waals surface area contributed by atoms with Gasteiger partial charge >= 0.3 is 0 Å². The molecule has 1 atom stereocenters. The largest absolute Gasteiger partial charge is 0.476 e. The minimum absolute atomic E-state index is 0.0547. The van der Waals surface area contributed by atoms with Gasteiger partial charge in [0.25, 0.3) is 5.91 Å². The lowest BCUT2D eigenvalue weighted by Crippen LogP contribution is -2.45. The molecular weight excluding hydrogens is 550 g/mol. The molecule has 0 fully saturated rings. The molecule has 0 radical (unpaired) electrons. The third kappa shape index (κ3) is 6.43. The number of nitrogens with zero attached hydrogens (tertiary/aromatic N) is 4. The summed E-state index contributed by atoms with van der Waals surface area (Å²) in [5, 5.41) is 26.0. The van der Waals surface area contributed by atoms with Gasteiger partial charge < -0.3 is 31.5 Å². The van der Waals surface area contributed by atoms with Crippen LogP contribution in [0.15, 0.2) is 48.9 Å². The van der Waals surface area contributed by atoms with E-state index in [1.54, 1.807) is 34.9 Å². The third-order valence-electron chi connectivity index (χ3n) is 6.28. The van der Waals surface area contributed by atoms with Gasteiger partial charge in [0.2, 0.25) is 11.7 Å². The highest BCUT2D eigenvalue weighted by Crippen LogP contribution is 2.32. The molecule has 2 heterocycles. The maximum atomic E-state index is 14.9. The molecule has 0 aliphatic rings. The summed E-state index contributed by atoms with van der Waals surface area (Å²) >= 11 is 0. The van der Waals surface area contributed by atoms with Crippen LogP contribution in [0.4, 0.5) is 20.3 Å². The van der Waals surface area contributed by atoms with E-state index in [0.717, 1.165) is 5.56 Å². The Morgan fingerprint density at radius 2 is 1.95 bits per heavy atom. The standard InChI is InChI=1S/C28H28F2N8O4/c1-2-16-13-17(3-4-18(16)27(40)34-8-9-35-28(41)20(32)15-39)37-25-26-36-14-21(38(26)11-10-33-25)19-5-6-22(42-12-7-31)24(30)23(19)29/h3-6,10-11,13-14,20,39H,2,8-9,12,15,32H2,1H3,(H,33,37)(H,34,40)(H,35,41). The predicted octanol–water partition coefficient (Wildman–Crippen LogP) is 2.05. The van der Waals surface area contributed by atoms with Crippen molar-refractivity contribution in [1.82, 2.24) is 25.0 Å². The fraction of sp³-hybridized carbons (Fsp3) is 0.250. The Bertz CT molecular complexity index is 1650. The minimum atomic E-state index is -1.21. The maximum absolute atomic E-state index is 14.9. The van der Waals surface area contributed by atoms with Crippen LogP contribution in [-0.2, 0) is 11.2 Å². The second-order valence-corrected chi connectivity index (χ2v) is 8.99. The number of aryl methyl sites for hydroxylation is 1. The number of nitriles is 1. The SMILES string of the molecule is CCc1cc(Nc2nccn3c(-c4ccc(OCC#N)c(F)c4F)cnc23)ccc1C(=O)NCCNC(=O)C(N)CO. The summed E-state index contributed by atoms with van der Waals surface area (Å²) < 4.78 is 35.9. The van der Waals surface area contributed by atoms with E-state index in [-0.39, 0.29) is 36.0 Å². The van der Waals surface area contributed by atoms with E-state index >= 15 is 0 Å². The molecule has 0 bridgehead atoms. The third-order valence-corrected chi connectivity index (χ3v) is 6.28. The molecule has 2 amide bonds. The van der Waals surface area contributed by atoms with Gasteiger partial charge in [-0.1, -0.05) is 6.92 Å². The van der Waals surface area contributed by atoms with Crippen molar-refractivity contribution >= 4 is 29.0 Å². The number of benzene rings is 2. The lowest BCUT2D eigenvalue weighted by atomic mass is 10.0. The number of halogens is 2. The van der Waals surface area contributed by atoms with Gasteiger partial charge in [-0.05, 0) is 42.3 Å². The normalized spacial score (nSPS) is 11.5. The van der Waals surface area contributed by atoms with Gasteiger partial charge in [-0.2, -0.15) is 9.65 Å². The number of hydrogen-bond acceptors (Lipinski definition) is 9. The number of nitrogens with one attached hydrogen (secondary N) is 3. The second-order valence-electron chi connectivity index (χ2n) is 8.99. The van der Waals surface area contributed by atoms with Gasteiger partial charge in [0.1, 0.15) is 12.1 Å². The van der Waals surface area contributed by atoms with E-state index in [1.165, 1.54) is 24.5 Å². The number of aliphatic hydroxyl groups is 1. The van der Waals surface area contributed by atoms with E-state index in [2.05, 4.69) is 25.9 Å². The fourth-order valence-electron chi connectivity index (χ4n) is 4.15. The summed E-state index contributed by atoms with van der Waals surface area (Å²) in [6.45, 7) is 1.32. The average Bonchev–Trinajstić information content (AvgIpc) is 3.44.